The highest BCUT2D eigenvalue weighted by atomic mass is 16.7. The molecule has 0 amide bonds. The van der Waals surface area contributed by atoms with E-state index in [1.807, 2.05) is 6.08 Å². The Hall–Kier alpha value is -3.61. The first-order valence-corrected chi connectivity index (χ1v) is 28.1. The van der Waals surface area contributed by atoms with Gasteiger partial charge in [-0.05, 0) is 96.3 Å². The Kier molecular flexibility index (Phi) is 41.8. The molecule has 2 fully saturated rings. The molecule has 426 valence electrons. The quantitative estimate of drug-likeness (QED) is 0.0172. The smallest absolute Gasteiger partial charge is 0.306 e. The Morgan fingerprint density at radius 3 is 1.29 bits per heavy atom. The van der Waals surface area contributed by atoms with Gasteiger partial charge in [0.25, 0.3) is 0 Å². The van der Waals surface area contributed by atoms with E-state index < -0.39 is 86.7 Å². The summed E-state index contributed by atoms with van der Waals surface area (Å²) in [6.45, 7) is 3.33. The van der Waals surface area contributed by atoms with Crippen molar-refractivity contribution in [1.29, 1.82) is 0 Å². The molecule has 14 heteroatoms. The van der Waals surface area contributed by atoms with Gasteiger partial charge in [-0.15, -0.1) is 0 Å². The molecule has 2 rings (SSSR count). The van der Waals surface area contributed by atoms with Gasteiger partial charge in [0.1, 0.15) is 54.9 Å². The largest absolute Gasteiger partial charge is 0.457 e. The number of carbonyl (C=O) groups is 1. The molecule has 11 atom stereocenters. The zero-order chi connectivity index (χ0) is 54.4. The molecule has 14 nitrogen and oxygen atoms in total. The highest BCUT2D eigenvalue weighted by Crippen LogP contribution is 2.26. The third-order valence-corrected chi connectivity index (χ3v) is 12.5. The first-order chi connectivity index (χ1) is 36.6. The van der Waals surface area contributed by atoms with Crippen LogP contribution in [-0.2, 0) is 33.2 Å². The van der Waals surface area contributed by atoms with Gasteiger partial charge in [0, 0.05) is 13.0 Å². The normalized spacial score (nSPS) is 25.6. The summed E-state index contributed by atoms with van der Waals surface area (Å²) in [5, 5.41) is 72.3. The molecule has 0 aliphatic carbocycles. The summed E-state index contributed by atoms with van der Waals surface area (Å²) in [5.41, 5.74) is 0. The van der Waals surface area contributed by atoms with Crippen LogP contribution in [0.1, 0.15) is 155 Å². The molecular weight excluding hydrogens is 957 g/mol. The van der Waals surface area contributed by atoms with Crippen molar-refractivity contribution in [2.24, 2.45) is 0 Å². The van der Waals surface area contributed by atoms with Gasteiger partial charge >= 0.3 is 5.97 Å². The minimum Gasteiger partial charge on any atom is -0.457 e. The van der Waals surface area contributed by atoms with E-state index in [-0.39, 0.29) is 19.6 Å². The SMILES string of the molecule is CC/C=C\C/C=C\C/C=C\C/C=C\C/C=C\CCCCCCCCCCOCC(COC1OC(COC2OC(CO)C(O)C(O)C2O)C(O)C(O)C1O)OC(=O)CCC/C=C\C/C=C\C/C=C\C/C=C\C/C=C\CC. The van der Waals surface area contributed by atoms with Gasteiger partial charge in [0.2, 0.25) is 0 Å². The standard InChI is InChI=1S/C61H98O14/c1-3-5-7-9-11-13-15-17-19-21-22-23-24-25-26-27-29-31-33-35-37-39-41-43-45-70-47-50(73-53(63)44-42-40-38-36-34-32-30-28-20-18-16-14-12-10-8-6-4-2)48-71-60-59(69)57(67)55(65)52(75-60)49-72-61-58(68)56(66)54(64)51(46-62)74-61/h5-8,11-14,17-20,22-23,25-26,30,32,36,38,50-52,54-62,64-69H,3-4,9-10,15-16,21,24,27-29,31,33-35,37,39-49H2,1-2H3/b7-5-,8-6-,13-11-,14-12-,19-17-,20-18-,23-22-,26-25-,32-30-,38-36-. The number of aliphatic hydroxyl groups excluding tert-OH is 7. The summed E-state index contributed by atoms with van der Waals surface area (Å²) < 4.78 is 34.3. The zero-order valence-electron chi connectivity index (χ0n) is 45.5. The van der Waals surface area contributed by atoms with Crippen LogP contribution in [0.4, 0.5) is 0 Å². The molecule has 75 heavy (non-hydrogen) atoms. The predicted molar refractivity (Wildman–Crippen MR) is 297 cm³/mol. The van der Waals surface area contributed by atoms with Crippen LogP contribution in [0, 0.1) is 0 Å². The molecular formula is C61H98O14. The van der Waals surface area contributed by atoms with Crippen LogP contribution in [-0.4, -0.2) is 142 Å². The number of hydrogen-bond acceptors (Lipinski definition) is 14. The minimum absolute atomic E-state index is 0.0239. The van der Waals surface area contributed by atoms with Crippen LogP contribution >= 0.6 is 0 Å². The number of carbonyl (C=O) groups excluding carboxylic acids is 1. The number of aliphatic hydroxyl groups is 7. The van der Waals surface area contributed by atoms with Crippen molar-refractivity contribution in [3.63, 3.8) is 0 Å². The lowest BCUT2D eigenvalue weighted by atomic mass is 9.98. The van der Waals surface area contributed by atoms with Crippen LogP contribution < -0.4 is 0 Å². The molecule has 7 N–H and O–H groups in total. The monoisotopic (exact) mass is 1050 g/mol. The summed E-state index contributed by atoms with van der Waals surface area (Å²) in [4.78, 5) is 13.0. The second kappa shape index (κ2) is 46.5. The summed E-state index contributed by atoms with van der Waals surface area (Å²) in [6, 6.07) is 0. The molecule has 0 spiro atoms. The summed E-state index contributed by atoms with van der Waals surface area (Å²) in [5.74, 6) is -0.441. The Morgan fingerprint density at radius 2 is 0.827 bits per heavy atom. The molecule has 2 saturated heterocycles. The van der Waals surface area contributed by atoms with E-state index in [2.05, 4.69) is 129 Å². The van der Waals surface area contributed by atoms with Crippen molar-refractivity contribution < 1.29 is 69.0 Å². The Labute approximate surface area is 450 Å². The van der Waals surface area contributed by atoms with Crippen molar-refractivity contribution in [2.75, 3.05) is 33.0 Å². The second-order valence-corrected chi connectivity index (χ2v) is 19.0. The number of hydrogen-bond donors (Lipinski definition) is 7. The number of esters is 1. The van der Waals surface area contributed by atoms with E-state index in [0.29, 0.717) is 19.4 Å². The molecule has 0 saturated carbocycles. The van der Waals surface area contributed by atoms with Crippen LogP contribution in [0.2, 0.25) is 0 Å². The van der Waals surface area contributed by atoms with E-state index in [1.54, 1.807) is 0 Å². The molecule has 11 unspecified atom stereocenters. The number of allylic oxidation sites excluding steroid dienone is 20. The molecule has 2 aliphatic heterocycles. The number of unbranched alkanes of at least 4 members (excludes halogenated alkanes) is 9. The summed E-state index contributed by atoms with van der Waals surface area (Å²) in [6.07, 6.45) is 48.3. The Bertz CT molecular complexity index is 1700. The molecule has 0 aromatic rings. The van der Waals surface area contributed by atoms with Crippen molar-refractivity contribution in [3.8, 4) is 0 Å². The van der Waals surface area contributed by atoms with Crippen molar-refractivity contribution in [2.45, 2.75) is 223 Å². The van der Waals surface area contributed by atoms with Gasteiger partial charge in [0.15, 0.2) is 12.6 Å². The third-order valence-electron chi connectivity index (χ3n) is 12.5. The van der Waals surface area contributed by atoms with E-state index in [9.17, 15) is 40.5 Å². The van der Waals surface area contributed by atoms with Gasteiger partial charge in [-0.1, -0.05) is 174 Å². The van der Waals surface area contributed by atoms with Crippen LogP contribution in [0.15, 0.2) is 122 Å². The average molecular weight is 1060 g/mol. The fourth-order valence-corrected chi connectivity index (χ4v) is 7.99. The fraction of sp³-hybridized carbons (Fsp3) is 0.656. The van der Waals surface area contributed by atoms with E-state index in [1.165, 1.54) is 25.7 Å². The Balaban J connectivity index is 1.75. The lowest BCUT2D eigenvalue weighted by Gasteiger charge is -2.42. The highest BCUT2D eigenvalue weighted by molar-refractivity contribution is 5.69. The van der Waals surface area contributed by atoms with E-state index in [0.717, 1.165) is 96.3 Å². The summed E-state index contributed by atoms with van der Waals surface area (Å²) >= 11 is 0. The molecule has 0 bridgehead atoms. The maximum atomic E-state index is 13.0. The molecule has 2 heterocycles. The first-order valence-electron chi connectivity index (χ1n) is 28.1. The zero-order valence-corrected chi connectivity index (χ0v) is 45.5. The highest BCUT2D eigenvalue weighted by Gasteiger charge is 2.47. The molecule has 0 aromatic carbocycles. The lowest BCUT2D eigenvalue weighted by Crippen LogP contribution is -2.61. The van der Waals surface area contributed by atoms with Crippen LogP contribution in [0.3, 0.4) is 0 Å². The maximum Gasteiger partial charge on any atom is 0.306 e. The lowest BCUT2D eigenvalue weighted by molar-refractivity contribution is -0.332. The van der Waals surface area contributed by atoms with Gasteiger partial charge in [-0.2, -0.15) is 0 Å². The fourth-order valence-electron chi connectivity index (χ4n) is 7.99. The average Bonchev–Trinajstić information content (AvgIpc) is 3.41. The van der Waals surface area contributed by atoms with E-state index in [4.69, 9.17) is 28.4 Å². The van der Waals surface area contributed by atoms with Gasteiger partial charge < -0.3 is 64.2 Å². The van der Waals surface area contributed by atoms with Gasteiger partial charge in [-0.3, -0.25) is 4.79 Å². The predicted octanol–water partition coefficient (Wildman–Crippen LogP) is 9.74. The van der Waals surface area contributed by atoms with Crippen molar-refractivity contribution >= 4 is 5.97 Å². The number of ether oxygens (including phenoxy) is 6. The van der Waals surface area contributed by atoms with Gasteiger partial charge in [0.05, 0.1) is 26.4 Å². The van der Waals surface area contributed by atoms with Crippen LogP contribution in [0.5, 0.6) is 0 Å². The first kappa shape index (κ1) is 67.5. The summed E-state index contributed by atoms with van der Waals surface area (Å²) in [7, 11) is 0. The van der Waals surface area contributed by atoms with Crippen LogP contribution in [0.25, 0.3) is 0 Å². The van der Waals surface area contributed by atoms with Crippen molar-refractivity contribution in [1.82, 2.24) is 0 Å². The maximum absolute atomic E-state index is 13.0. The van der Waals surface area contributed by atoms with Gasteiger partial charge in [-0.25, -0.2) is 0 Å². The number of rotatable bonds is 43. The second-order valence-electron chi connectivity index (χ2n) is 19.0. The Morgan fingerprint density at radius 1 is 0.440 bits per heavy atom. The molecule has 0 radical (unpaired) electrons. The topological polar surface area (TPSA) is 214 Å². The van der Waals surface area contributed by atoms with E-state index >= 15 is 0 Å². The third kappa shape index (κ3) is 33.3. The minimum atomic E-state index is -1.73. The molecule has 0 aromatic heterocycles. The molecule has 2 aliphatic rings. The van der Waals surface area contributed by atoms with Crippen molar-refractivity contribution in [3.05, 3.63) is 122 Å².